The summed E-state index contributed by atoms with van der Waals surface area (Å²) in [6.07, 6.45) is 17.9. The van der Waals surface area contributed by atoms with Crippen LogP contribution < -0.4 is 0 Å². The van der Waals surface area contributed by atoms with Crippen molar-refractivity contribution in [2.45, 2.75) is 84.0 Å². The highest BCUT2D eigenvalue weighted by atomic mass is 16.4. The Bertz CT molecular complexity index is 306. The van der Waals surface area contributed by atoms with Crippen LogP contribution in [0.1, 0.15) is 84.0 Å². The molecule has 0 radical (unpaired) electrons. The van der Waals surface area contributed by atoms with E-state index in [0.29, 0.717) is 18.6 Å². The summed E-state index contributed by atoms with van der Waals surface area (Å²) in [5, 5.41) is 18.2. The Morgan fingerprint density at radius 3 is 2.24 bits per heavy atom. The Morgan fingerprint density at radius 1 is 0.857 bits per heavy atom. The van der Waals surface area contributed by atoms with Gasteiger partial charge in [-0.3, -0.25) is 4.79 Å². The Morgan fingerprint density at radius 2 is 1.52 bits per heavy atom. The van der Waals surface area contributed by atoms with Crippen molar-refractivity contribution in [3.8, 4) is 0 Å². The number of allylic oxidation sites excluding steroid dienone is 3. The van der Waals surface area contributed by atoms with Crippen LogP contribution in [0.15, 0.2) is 24.0 Å². The minimum absolute atomic E-state index is 0.295. The SMILES string of the molecule is CCCCC/C=C(\O)C/C=C\CCCCCCCC(=O)O. The normalized spacial score (nSPS) is 12.1. The molecule has 0 spiro atoms. The van der Waals surface area contributed by atoms with Crippen LogP contribution in [-0.4, -0.2) is 16.2 Å². The Labute approximate surface area is 129 Å². The fourth-order valence-electron chi connectivity index (χ4n) is 2.14. The molecule has 0 aromatic heterocycles. The molecule has 0 amide bonds. The first kappa shape index (κ1) is 19.8. The van der Waals surface area contributed by atoms with E-state index in [1.54, 1.807) is 0 Å². The third-order valence-corrected chi connectivity index (χ3v) is 3.44. The molecule has 0 aliphatic rings. The monoisotopic (exact) mass is 296 g/mol. The lowest BCUT2D eigenvalue weighted by Gasteiger charge is -1.98. The molecular weight excluding hydrogens is 264 g/mol. The Balaban J connectivity index is 3.37. The number of hydrogen-bond acceptors (Lipinski definition) is 2. The third-order valence-electron chi connectivity index (χ3n) is 3.44. The molecule has 0 rings (SSSR count). The molecule has 0 unspecified atom stereocenters. The molecule has 2 N–H and O–H groups in total. The van der Waals surface area contributed by atoms with Crippen LogP contribution in [0.4, 0.5) is 0 Å². The molecule has 0 bridgehead atoms. The van der Waals surface area contributed by atoms with Crippen molar-refractivity contribution in [2.24, 2.45) is 0 Å². The van der Waals surface area contributed by atoms with Gasteiger partial charge in [-0.05, 0) is 38.2 Å². The van der Waals surface area contributed by atoms with E-state index in [1.165, 1.54) is 12.8 Å². The van der Waals surface area contributed by atoms with Gasteiger partial charge >= 0.3 is 5.97 Å². The van der Waals surface area contributed by atoms with E-state index in [1.807, 2.05) is 12.2 Å². The number of carboxylic acid groups (broad SMARTS) is 1. The molecule has 0 aliphatic carbocycles. The summed E-state index contributed by atoms with van der Waals surface area (Å²) in [5.74, 6) is -0.212. The highest BCUT2D eigenvalue weighted by Gasteiger charge is 1.96. The molecule has 0 aromatic rings. The lowest BCUT2D eigenvalue weighted by molar-refractivity contribution is -0.137. The first-order valence-electron chi connectivity index (χ1n) is 8.41. The predicted molar refractivity (Wildman–Crippen MR) is 88.6 cm³/mol. The van der Waals surface area contributed by atoms with E-state index in [9.17, 15) is 9.90 Å². The summed E-state index contributed by atoms with van der Waals surface area (Å²) in [5.41, 5.74) is 0. The van der Waals surface area contributed by atoms with Gasteiger partial charge in [-0.1, -0.05) is 51.2 Å². The van der Waals surface area contributed by atoms with Crippen molar-refractivity contribution >= 4 is 5.97 Å². The quantitative estimate of drug-likeness (QED) is 0.243. The van der Waals surface area contributed by atoms with Gasteiger partial charge in [0.1, 0.15) is 0 Å². The Kier molecular flexibility index (Phi) is 14.2. The summed E-state index contributed by atoms with van der Waals surface area (Å²) in [7, 11) is 0. The van der Waals surface area contributed by atoms with Gasteiger partial charge < -0.3 is 10.2 Å². The van der Waals surface area contributed by atoms with E-state index >= 15 is 0 Å². The summed E-state index contributed by atoms with van der Waals surface area (Å²) in [4.78, 5) is 10.3. The first-order valence-corrected chi connectivity index (χ1v) is 8.41. The van der Waals surface area contributed by atoms with Gasteiger partial charge in [-0.25, -0.2) is 0 Å². The number of hydrogen-bond donors (Lipinski definition) is 2. The van der Waals surface area contributed by atoms with E-state index in [0.717, 1.165) is 51.4 Å². The fraction of sp³-hybridized carbons (Fsp3) is 0.722. The van der Waals surface area contributed by atoms with Crippen molar-refractivity contribution < 1.29 is 15.0 Å². The molecule has 0 fully saturated rings. The maximum Gasteiger partial charge on any atom is 0.303 e. The minimum Gasteiger partial charge on any atom is -0.512 e. The minimum atomic E-state index is -0.694. The molecule has 3 nitrogen and oxygen atoms in total. The van der Waals surface area contributed by atoms with Crippen molar-refractivity contribution in [2.75, 3.05) is 0 Å². The van der Waals surface area contributed by atoms with Crippen molar-refractivity contribution in [1.82, 2.24) is 0 Å². The zero-order valence-electron chi connectivity index (χ0n) is 13.5. The van der Waals surface area contributed by atoms with Gasteiger partial charge in [-0.15, -0.1) is 0 Å². The first-order chi connectivity index (χ1) is 10.2. The van der Waals surface area contributed by atoms with Crippen LogP contribution in [0.3, 0.4) is 0 Å². The standard InChI is InChI=1S/C18H32O3/c1-2-3-4-11-14-17(19)15-12-9-7-5-6-8-10-13-16-18(20)21/h9,12,14,19H,2-8,10-11,13,15-16H2,1H3,(H,20,21)/b12-9-,17-14-. The largest absolute Gasteiger partial charge is 0.512 e. The molecular formula is C18H32O3. The molecule has 122 valence electrons. The number of unbranched alkanes of at least 4 members (excludes halogenated alkanes) is 8. The molecule has 0 aromatic carbocycles. The second kappa shape index (κ2) is 15.1. The Hall–Kier alpha value is -1.25. The molecule has 3 heteroatoms. The summed E-state index contributed by atoms with van der Waals surface area (Å²) >= 11 is 0. The van der Waals surface area contributed by atoms with Crippen molar-refractivity contribution in [1.29, 1.82) is 0 Å². The molecule has 0 atom stereocenters. The van der Waals surface area contributed by atoms with E-state index in [-0.39, 0.29) is 0 Å². The average molecular weight is 296 g/mol. The number of aliphatic carboxylic acids is 1. The molecule has 21 heavy (non-hydrogen) atoms. The van der Waals surface area contributed by atoms with Crippen molar-refractivity contribution in [3.63, 3.8) is 0 Å². The van der Waals surface area contributed by atoms with Crippen LogP contribution in [-0.2, 0) is 4.79 Å². The summed E-state index contributed by atoms with van der Waals surface area (Å²) < 4.78 is 0. The maximum absolute atomic E-state index is 10.3. The third kappa shape index (κ3) is 16.7. The van der Waals surface area contributed by atoms with Gasteiger partial charge in [0.15, 0.2) is 0 Å². The second-order valence-corrected chi connectivity index (χ2v) is 5.57. The fourth-order valence-corrected chi connectivity index (χ4v) is 2.14. The lowest BCUT2D eigenvalue weighted by Crippen LogP contribution is -1.93. The van der Waals surface area contributed by atoms with Crippen LogP contribution in [0.2, 0.25) is 0 Å². The number of rotatable bonds is 14. The van der Waals surface area contributed by atoms with Crippen LogP contribution in [0.25, 0.3) is 0 Å². The smallest absolute Gasteiger partial charge is 0.303 e. The average Bonchev–Trinajstić information content (AvgIpc) is 2.45. The number of aliphatic hydroxyl groups is 1. The van der Waals surface area contributed by atoms with Gasteiger partial charge in [0.2, 0.25) is 0 Å². The molecule has 0 heterocycles. The zero-order valence-corrected chi connectivity index (χ0v) is 13.5. The predicted octanol–water partition coefficient (Wildman–Crippen LogP) is 5.77. The molecule has 0 saturated carbocycles. The zero-order chi connectivity index (χ0) is 15.8. The summed E-state index contributed by atoms with van der Waals surface area (Å²) in [6, 6.07) is 0. The number of aliphatic hydroxyl groups excluding tert-OH is 1. The topological polar surface area (TPSA) is 57.5 Å². The molecule has 0 aliphatic heterocycles. The second-order valence-electron chi connectivity index (χ2n) is 5.57. The van der Waals surface area contributed by atoms with E-state index in [2.05, 4.69) is 13.0 Å². The van der Waals surface area contributed by atoms with Crippen LogP contribution in [0.5, 0.6) is 0 Å². The van der Waals surface area contributed by atoms with Gasteiger partial charge in [-0.2, -0.15) is 0 Å². The van der Waals surface area contributed by atoms with E-state index in [4.69, 9.17) is 5.11 Å². The maximum atomic E-state index is 10.3. The van der Waals surface area contributed by atoms with Gasteiger partial charge in [0, 0.05) is 12.8 Å². The lowest BCUT2D eigenvalue weighted by atomic mass is 10.1. The summed E-state index contributed by atoms with van der Waals surface area (Å²) in [6.45, 7) is 2.18. The van der Waals surface area contributed by atoms with Crippen LogP contribution in [0, 0.1) is 0 Å². The highest BCUT2D eigenvalue weighted by molar-refractivity contribution is 5.66. The van der Waals surface area contributed by atoms with E-state index < -0.39 is 5.97 Å². The van der Waals surface area contributed by atoms with Gasteiger partial charge in [0.25, 0.3) is 0 Å². The van der Waals surface area contributed by atoms with Crippen LogP contribution >= 0.6 is 0 Å². The molecule has 0 saturated heterocycles. The van der Waals surface area contributed by atoms with Gasteiger partial charge in [0.05, 0.1) is 5.76 Å². The number of carbonyl (C=O) groups is 1. The van der Waals surface area contributed by atoms with Crippen molar-refractivity contribution in [3.05, 3.63) is 24.0 Å². The number of carboxylic acids is 1. The highest BCUT2D eigenvalue weighted by Crippen LogP contribution is 2.09.